The predicted molar refractivity (Wildman–Crippen MR) is 96.5 cm³/mol. The van der Waals surface area contributed by atoms with Crippen molar-refractivity contribution in [3.63, 3.8) is 0 Å². The summed E-state index contributed by atoms with van der Waals surface area (Å²) in [6.07, 6.45) is 1.93. The molecule has 4 heteroatoms. The minimum absolute atomic E-state index is 0. The molecule has 118 valence electrons. The maximum Gasteiger partial charge on any atom is 0.227 e. The van der Waals surface area contributed by atoms with E-state index < -0.39 is 0 Å². The minimum Gasteiger partial charge on any atom is -0.497 e. The van der Waals surface area contributed by atoms with Gasteiger partial charge in [-0.25, -0.2) is 0 Å². The standard InChI is InChI=1S/C19H18NO2.BrH/c1-14-5-7-15(8-6-14)19(21)13-20-11-3-4-16-12-17(22-2)9-10-18(16)20;/h3-12H,13H2,1-2H3;1H/q+1;. The topological polar surface area (TPSA) is 30.2 Å². The molecule has 2 aromatic carbocycles. The number of benzene rings is 2. The number of ketones is 1. The lowest BCUT2D eigenvalue weighted by Crippen LogP contribution is -2.38. The number of hydrogen-bond acceptors (Lipinski definition) is 2. The highest BCUT2D eigenvalue weighted by molar-refractivity contribution is 8.93. The van der Waals surface area contributed by atoms with Crippen molar-refractivity contribution >= 4 is 33.7 Å². The molecule has 0 spiro atoms. The van der Waals surface area contributed by atoms with Gasteiger partial charge in [-0.1, -0.05) is 29.8 Å². The van der Waals surface area contributed by atoms with E-state index in [4.69, 9.17) is 4.74 Å². The number of fused-ring (bicyclic) bond motifs is 1. The van der Waals surface area contributed by atoms with Crippen molar-refractivity contribution in [2.75, 3.05) is 7.11 Å². The number of methoxy groups -OCH3 is 1. The predicted octanol–water partition coefficient (Wildman–Crippen LogP) is 3.91. The van der Waals surface area contributed by atoms with Gasteiger partial charge in [0.05, 0.1) is 12.5 Å². The Bertz CT molecular complexity index is 828. The third-order valence-corrected chi connectivity index (χ3v) is 3.77. The summed E-state index contributed by atoms with van der Waals surface area (Å²) in [6, 6.07) is 17.5. The molecule has 0 saturated carbocycles. The van der Waals surface area contributed by atoms with Crippen LogP contribution < -0.4 is 9.30 Å². The summed E-state index contributed by atoms with van der Waals surface area (Å²) in [4.78, 5) is 12.4. The third-order valence-electron chi connectivity index (χ3n) is 3.77. The second kappa shape index (κ2) is 7.38. The maximum absolute atomic E-state index is 12.4. The zero-order valence-electron chi connectivity index (χ0n) is 13.2. The van der Waals surface area contributed by atoms with Gasteiger partial charge in [-0.05, 0) is 25.1 Å². The maximum atomic E-state index is 12.4. The minimum atomic E-state index is 0. The summed E-state index contributed by atoms with van der Waals surface area (Å²) >= 11 is 0. The van der Waals surface area contributed by atoms with Crippen LogP contribution in [0.5, 0.6) is 5.75 Å². The Hall–Kier alpha value is -2.20. The summed E-state index contributed by atoms with van der Waals surface area (Å²) in [5, 5.41) is 1.05. The average molecular weight is 373 g/mol. The van der Waals surface area contributed by atoms with Crippen LogP contribution in [-0.4, -0.2) is 12.9 Å². The van der Waals surface area contributed by atoms with Crippen LogP contribution in [0.3, 0.4) is 0 Å². The molecule has 0 aliphatic carbocycles. The Morgan fingerprint density at radius 2 is 1.83 bits per heavy atom. The van der Waals surface area contributed by atoms with Crippen LogP contribution in [-0.2, 0) is 6.54 Å². The van der Waals surface area contributed by atoms with E-state index in [1.54, 1.807) is 7.11 Å². The van der Waals surface area contributed by atoms with Crippen molar-refractivity contribution in [1.82, 2.24) is 0 Å². The lowest BCUT2D eigenvalue weighted by atomic mass is 10.1. The van der Waals surface area contributed by atoms with Crippen molar-refractivity contribution in [2.45, 2.75) is 13.5 Å². The number of halogens is 1. The number of carbonyl (C=O) groups is 1. The Kier molecular flexibility index (Phi) is 5.50. The number of aryl methyl sites for hydroxylation is 1. The molecular formula is C19H19BrNO2+. The molecular weight excluding hydrogens is 354 g/mol. The van der Waals surface area contributed by atoms with Gasteiger partial charge in [-0.2, -0.15) is 4.57 Å². The molecule has 0 atom stereocenters. The van der Waals surface area contributed by atoms with Crippen LogP contribution in [0.4, 0.5) is 0 Å². The first-order valence-corrected chi connectivity index (χ1v) is 7.23. The Morgan fingerprint density at radius 3 is 2.52 bits per heavy atom. The van der Waals surface area contributed by atoms with E-state index in [2.05, 4.69) is 0 Å². The van der Waals surface area contributed by atoms with Crippen molar-refractivity contribution in [1.29, 1.82) is 0 Å². The zero-order valence-corrected chi connectivity index (χ0v) is 14.9. The van der Waals surface area contributed by atoms with Crippen molar-refractivity contribution in [3.05, 3.63) is 71.9 Å². The Labute approximate surface area is 146 Å². The number of hydrogen-bond donors (Lipinski definition) is 0. The second-order valence-electron chi connectivity index (χ2n) is 5.35. The van der Waals surface area contributed by atoms with Crippen molar-refractivity contribution < 1.29 is 14.1 Å². The normalized spacial score (nSPS) is 10.2. The van der Waals surface area contributed by atoms with E-state index in [-0.39, 0.29) is 22.8 Å². The summed E-state index contributed by atoms with van der Waals surface area (Å²) < 4.78 is 7.22. The number of rotatable bonds is 4. The van der Waals surface area contributed by atoms with Gasteiger partial charge in [0.2, 0.25) is 17.8 Å². The fourth-order valence-corrected chi connectivity index (χ4v) is 2.51. The highest BCUT2D eigenvalue weighted by atomic mass is 79.9. The van der Waals surface area contributed by atoms with Crippen molar-refractivity contribution in [3.8, 4) is 5.75 Å². The van der Waals surface area contributed by atoms with Gasteiger partial charge in [-0.3, -0.25) is 4.79 Å². The smallest absolute Gasteiger partial charge is 0.227 e. The Balaban J connectivity index is 0.00000192. The SMILES string of the molecule is Br.COc1ccc2c(ccc[n+]2CC(=O)c2ccc(C)cc2)c1. The van der Waals surface area contributed by atoms with Crippen LogP contribution in [0.1, 0.15) is 15.9 Å². The first-order chi connectivity index (χ1) is 10.7. The summed E-state index contributed by atoms with van der Waals surface area (Å²) in [5.74, 6) is 0.920. The molecule has 0 aliphatic rings. The number of ether oxygens (including phenoxy) is 1. The molecule has 1 heterocycles. The number of carbonyl (C=O) groups excluding carboxylic acids is 1. The fourth-order valence-electron chi connectivity index (χ4n) is 2.51. The van der Waals surface area contributed by atoms with Gasteiger partial charge < -0.3 is 4.74 Å². The van der Waals surface area contributed by atoms with Crippen LogP contribution in [0, 0.1) is 6.92 Å². The molecule has 3 rings (SSSR count). The summed E-state index contributed by atoms with van der Waals surface area (Å²) in [6.45, 7) is 2.34. The average Bonchev–Trinajstić information content (AvgIpc) is 2.55. The highest BCUT2D eigenvalue weighted by Crippen LogP contribution is 2.17. The zero-order chi connectivity index (χ0) is 15.5. The van der Waals surface area contributed by atoms with Gasteiger partial charge in [-0.15, -0.1) is 17.0 Å². The number of aromatic nitrogens is 1. The monoisotopic (exact) mass is 372 g/mol. The van der Waals surface area contributed by atoms with Crippen LogP contribution >= 0.6 is 17.0 Å². The molecule has 1 aromatic heterocycles. The van der Waals surface area contributed by atoms with Gasteiger partial charge in [0.15, 0.2) is 6.20 Å². The quantitative estimate of drug-likeness (QED) is 0.513. The van der Waals surface area contributed by atoms with Gasteiger partial charge in [0, 0.05) is 17.7 Å². The van der Waals surface area contributed by atoms with Gasteiger partial charge in [0.1, 0.15) is 5.75 Å². The Morgan fingerprint density at radius 1 is 1.09 bits per heavy atom. The number of Topliss-reactive ketones (excluding diaryl/α,β-unsaturated/α-hetero) is 1. The van der Waals surface area contributed by atoms with Crippen molar-refractivity contribution in [2.24, 2.45) is 0 Å². The molecule has 0 fully saturated rings. The molecule has 0 saturated heterocycles. The van der Waals surface area contributed by atoms with E-state index in [0.29, 0.717) is 6.54 Å². The molecule has 23 heavy (non-hydrogen) atoms. The van der Waals surface area contributed by atoms with Crippen LogP contribution in [0.2, 0.25) is 0 Å². The molecule has 0 N–H and O–H groups in total. The molecule has 0 radical (unpaired) electrons. The molecule has 0 amide bonds. The number of nitrogens with zero attached hydrogens (tertiary/aromatic N) is 1. The van der Waals surface area contributed by atoms with E-state index in [1.165, 1.54) is 0 Å². The summed E-state index contributed by atoms with van der Waals surface area (Å²) in [7, 11) is 1.65. The third kappa shape index (κ3) is 3.77. The molecule has 0 aliphatic heterocycles. The fraction of sp³-hybridized carbons (Fsp3) is 0.158. The van der Waals surface area contributed by atoms with Crippen LogP contribution in [0.25, 0.3) is 10.9 Å². The number of pyridine rings is 1. The lowest BCUT2D eigenvalue weighted by Gasteiger charge is -2.04. The first-order valence-electron chi connectivity index (χ1n) is 7.23. The summed E-state index contributed by atoms with van der Waals surface area (Å²) in [5.41, 5.74) is 2.91. The van der Waals surface area contributed by atoms with E-state index in [9.17, 15) is 4.79 Å². The first kappa shape index (κ1) is 17.2. The van der Waals surface area contributed by atoms with E-state index in [1.807, 2.05) is 72.3 Å². The van der Waals surface area contributed by atoms with Gasteiger partial charge >= 0.3 is 0 Å². The molecule has 3 aromatic rings. The largest absolute Gasteiger partial charge is 0.497 e. The van der Waals surface area contributed by atoms with E-state index in [0.717, 1.165) is 27.8 Å². The van der Waals surface area contributed by atoms with E-state index >= 15 is 0 Å². The molecule has 0 bridgehead atoms. The highest BCUT2D eigenvalue weighted by Gasteiger charge is 2.15. The second-order valence-corrected chi connectivity index (χ2v) is 5.35. The lowest BCUT2D eigenvalue weighted by molar-refractivity contribution is -0.657. The molecule has 3 nitrogen and oxygen atoms in total. The van der Waals surface area contributed by atoms with Crippen LogP contribution in [0.15, 0.2) is 60.8 Å². The van der Waals surface area contributed by atoms with Gasteiger partial charge in [0.25, 0.3) is 0 Å². The molecule has 0 unspecified atom stereocenters.